The molecule has 30 heavy (non-hydrogen) atoms. The minimum Gasteiger partial charge on any atom is -0.546 e. The van der Waals surface area contributed by atoms with Crippen LogP contribution in [0.15, 0.2) is 36.4 Å². The third-order valence-corrected chi connectivity index (χ3v) is 6.60. The Labute approximate surface area is 237 Å². The number of rotatable bonds is 9. The van der Waals surface area contributed by atoms with Crippen LogP contribution in [0.3, 0.4) is 0 Å². The quantitative estimate of drug-likeness (QED) is 0.246. The number of amides is 1. The van der Waals surface area contributed by atoms with Crippen molar-refractivity contribution in [2.45, 2.75) is 6.10 Å². The number of carboxylic acid groups (broad SMARTS) is 1. The molecule has 0 radical (unpaired) electrons. The molecule has 2 aromatic carbocycles. The average molecular weight is 759 g/mol. The summed E-state index contributed by atoms with van der Waals surface area (Å²) in [5.41, 5.74) is 0.751. The zero-order chi connectivity index (χ0) is 21.6. The van der Waals surface area contributed by atoms with Gasteiger partial charge in [-0.05, 0) is 79.4 Å². The smallest absolute Gasteiger partial charge is 0.546 e. The zero-order valence-electron chi connectivity index (χ0n) is 16.0. The monoisotopic (exact) mass is 759 g/mol. The fourth-order valence-electron chi connectivity index (χ4n) is 2.59. The van der Waals surface area contributed by atoms with Crippen LogP contribution in [0.25, 0.3) is 0 Å². The van der Waals surface area contributed by atoms with Crippen molar-refractivity contribution in [3.05, 3.63) is 58.2 Å². The summed E-state index contributed by atoms with van der Waals surface area (Å²) in [4.78, 5) is 26.1. The van der Waals surface area contributed by atoms with Crippen molar-refractivity contribution in [3.8, 4) is 5.75 Å². The number of aliphatic hydroxyl groups excluding tert-OH is 2. The molecule has 1 atom stereocenters. The first-order valence-corrected chi connectivity index (χ1v) is 11.7. The molecule has 2 rings (SSSR count). The third kappa shape index (κ3) is 7.15. The molecule has 0 aliphatic heterocycles. The van der Waals surface area contributed by atoms with E-state index in [-0.39, 0.29) is 67.5 Å². The van der Waals surface area contributed by atoms with Crippen LogP contribution in [0.1, 0.15) is 22.0 Å². The van der Waals surface area contributed by atoms with Crippen molar-refractivity contribution in [1.82, 2.24) is 4.90 Å². The van der Waals surface area contributed by atoms with Crippen LogP contribution < -0.4 is 39.4 Å². The number of ether oxygens (including phenoxy) is 1. The van der Waals surface area contributed by atoms with Gasteiger partial charge in [-0.25, -0.2) is 0 Å². The number of aliphatic hydroxyl groups is 2. The van der Waals surface area contributed by atoms with Crippen molar-refractivity contribution < 1.29 is 59.2 Å². The first kappa shape index (κ1) is 28.3. The topological polar surface area (TPSA) is 110 Å². The van der Waals surface area contributed by atoms with Gasteiger partial charge in [0.1, 0.15) is 5.75 Å². The van der Waals surface area contributed by atoms with Gasteiger partial charge in [0.15, 0.2) is 6.10 Å². The number of hydrogen-bond donors (Lipinski definition) is 2. The molecule has 0 aliphatic rings. The van der Waals surface area contributed by atoms with Gasteiger partial charge in [0.25, 0.3) is 5.91 Å². The number of benzene rings is 2. The molecular formula is C19H17I3NNaO6. The maximum Gasteiger partial charge on any atom is 1.00 e. The number of carboxylic acids is 1. The Bertz CT molecular complexity index is 878. The summed E-state index contributed by atoms with van der Waals surface area (Å²) in [6.07, 6.45) is -1.34. The molecule has 0 fully saturated rings. The van der Waals surface area contributed by atoms with Gasteiger partial charge < -0.3 is 29.8 Å². The maximum atomic E-state index is 13.0. The van der Waals surface area contributed by atoms with Crippen LogP contribution in [0.4, 0.5) is 0 Å². The van der Waals surface area contributed by atoms with Crippen molar-refractivity contribution in [2.75, 3.05) is 26.3 Å². The van der Waals surface area contributed by atoms with Crippen LogP contribution in [-0.4, -0.2) is 53.3 Å². The van der Waals surface area contributed by atoms with E-state index < -0.39 is 12.1 Å². The molecule has 7 nitrogen and oxygen atoms in total. The maximum absolute atomic E-state index is 13.0. The van der Waals surface area contributed by atoms with E-state index in [4.69, 9.17) is 4.74 Å². The first-order valence-electron chi connectivity index (χ1n) is 8.42. The van der Waals surface area contributed by atoms with E-state index in [1.807, 2.05) is 67.8 Å². The molecule has 0 bridgehead atoms. The SMILES string of the molecule is O=C([O-])C(Oc1c(I)cc(I)c(C(=O)N(CCO)CCO)c1I)c1ccccc1.[Na+]. The standard InChI is InChI=1S/C19H18I3NO6.Na/c20-12-10-13(21)17(29-16(19(27)28)11-4-2-1-3-5-11)15(22)14(12)18(26)23(6-8-24)7-9-25;/h1-5,10,16,24-25H,6-9H2,(H,27,28);/q;+1/p-1. The molecule has 0 aromatic heterocycles. The largest absolute Gasteiger partial charge is 1.00 e. The second-order valence-electron chi connectivity index (χ2n) is 5.83. The van der Waals surface area contributed by atoms with Gasteiger partial charge in [-0.3, -0.25) is 4.79 Å². The molecule has 0 spiro atoms. The number of aliphatic carboxylic acids is 1. The molecule has 0 aliphatic carbocycles. The molecule has 0 saturated heterocycles. The Hall–Kier alpha value is 0.290. The van der Waals surface area contributed by atoms with Crippen LogP contribution in [-0.2, 0) is 4.79 Å². The summed E-state index contributed by atoms with van der Waals surface area (Å²) in [5, 5.41) is 30.2. The third-order valence-electron chi connectivity index (χ3n) is 3.92. The molecule has 2 aromatic rings. The minimum atomic E-state index is -1.39. The van der Waals surface area contributed by atoms with E-state index in [0.717, 1.165) is 0 Å². The Morgan fingerprint density at radius 1 is 1.03 bits per heavy atom. The summed E-state index contributed by atoms with van der Waals surface area (Å²) in [7, 11) is 0. The average Bonchev–Trinajstić information content (AvgIpc) is 2.67. The zero-order valence-corrected chi connectivity index (χ0v) is 24.5. The molecule has 0 saturated carbocycles. The predicted octanol–water partition coefficient (Wildman–Crippen LogP) is -1.20. The summed E-state index contributed by atoms with van der Waals surface area (Å²) < 4.78 is 7.57. The number of carbonyl (C=O) groups is 2. The van der Waals surface area contributed by atoms with E-state index in [9.17, 15) is 24.9 Å². The number of carbonyl (C=O) groups excluding carboxylic acids is 2. The Morgan fingerprint density at radius 2 is 1.60 bits per heavy atom. The fourth-order valence-corrected chi connectivity index (χ4v) is 6.68. The van der Waals surface area contributed by atoms with Crippen LogP contribution in [0, 0.1) is 10.7 Å². The first-order chi connectivity index (χ1) is 13.8. The van der Waals surface area contributed by atoms with Gasteiger partial charge in [0, 0.05) is 16.7 Å². The van der Waals surface area contributed by atoms with Gasteiger partial charge in [0.2, 0.25) is 0 Å². The van der Waals surface area contributed by atoms with Crippen molar-refractivity contribution in [1.29, 1.82) is 0 Å². The van der Waals surface area contributed by atoms with Gasteiger partial charge in [-0.1, -0.05) is 30.3 Å². The molecular weight excluding hydrogens is 742 g/mol. The number of halogens is 3. The molecule has 1 amide bonds. The van der Waals surface area contributed by atoms with Gasteiger partial charge >= 0.3 is 29.6 Å². The van der Waals surface area contributed by atoms with E-state index in [0.29, 0.717) is 21.8 Å². The van der Waals surface area contributed by atoms with E-state index >= 15 is 0 Å². The normalized spacial score (nSPS) is 11.4. The van der Waals surface area contributed by atoms with Gasteiger partial charge in [-0.2, -0.15) is 0 Å². The van der Waals surface area contributed by atoms with Crippen LogP contribution >= 0.6 is 67.8 Å². The van der Waals surface area contributed by atoms with Gasteiger partial charge in [0.05, 0.1) is 31.9 Å². The van der Waals surface area contributed by atoms with E-state index in [2.05, 4.69) is 0 Å². The Morgan fingerprint density at radius 3 is 2.10 bits per heavy atom. The summed E-state index contributed by atoms with van der Waals surface area (Å²) in [6.45, 7) is -0.348. The summed E-state index contributed by atoms with van der Waals surface area (Å²) in [5.74, 6) is -1.51. The molecule has 0 heterocycles. The molecule has 2 N–H and O–H groups in total. The molecule has 11 heteroatoms. The minimum absolute atomic E-state index is 0. The number of nitrogens with zero attached hydrogens (tertiary/aromatic N) is 1. The van der Waals surface area contributed by atoms with E-state index in [1.54, 1.807) is 36.4 Å². The molecule has 1 unspecified atom stereocenters. The van der Waals surface area contributed by atoms with Crippen LogP contribution in [0.5, 0.6) is 5.75 Å². The second-order valence-corrected chi connectivity index (χ2v) is 9.23. The Kier molecular flexibility index (Phi) is 13.0. The Balaban J connectivity index is 0.00000450. The van der Waals surface area contributed by atoms with E-state index in [1.165, 1.54) is 4.90 Å². The fraction of sp³-hybridized carbons (Fsp3) is 0.263. The van der Waals surface area contributed by atoms with Gasteiger partial charge in [-0.15, -0.1) is 0 Å². The van der Waals surface area contributed by atoms with Crippen molar-refractivity contribution in [2.24, 2.45) is 0 Å². The second kappa shape index (κ2) is 13.7. The van der Waals surface area contributed by atoms with Crippen molar-refractivity contribution in [3.63, 3.8) is 0 Å². The number of hydrogen-bond acceptors (Lipinski definition) is 6. The molecule has 156 valence electrons. The predicted molar refractivity (Wildman–Crippen MR) is 129 cm³/mol. The summed E-state index contributed by atoms with van der Waals surface area (Å²) in [6, 6.07) is 10.2. The van der Waals surface area contributed by atoms with Crippen molar-refractivity contribution >= 4 is 79.6 Å². The summed E-state index contributed by atoms with van der Waals surface area (Å²) >= 11 is 6.01. The van der Waals surface area contributed by atoms with Crippen LogP contribution in [0.2, 0.25) is 0 Å².